The molecule has 0 aliphatic carbocycles. The predicted molar refractivity (Wildman–Crippen MR) is 88.8 cm³/mol. The first-order valence-electron chi connectivity index (χ1n) is 7.94. The van der Waals surface area contributed by atoms with E-state index >= 15 is 0 Å². The fraction of sp³-hybridized carbons (Fsp3) is 0.444. The Morgan fingerprint density at radius 2 is 2.00 bits per heavy atom. The molecule has 0 fully saturated rings. The van der Waals surface area contributed by atoms with Gasteiger partial charge in [-0.2, -0.15) is 0 Å². The molecular formula is C18H23N3O. The van der Waals surface area contributed by atoms with Crippen molar-refractivity contribution in [1.82, 2.24) is 14.9 Å². The topological polar surface area (TPSA) is 49.0 Å². The first kappa shape index (κ1) is 15.0. The predicted octanol–water partition coefficient (Wildman–Crippen LogP) is 2.76. The minimum atomic E-state index is 0.0183. The van der Waals surface area contributed by atoms with Crippen LogP contribution in [-0.4, -0.2) is 28.0 Å². The Morgan fingerprint density at radius 1 is 1.27 bits per heavy atom. The fourth-order valence-corrected chi connectivity index (χ4v) is 3.01. The third-order valence-corrected chi connectivity index (χ3v) is 4.10. The maximum absolute atomic E-state index is 12.3. The molecule has 0 bridgehead atoms. The van der Waals surface area contributed by atoms with Gasteiger partial charge in [0.25, 0.3) is 5.56 Å². The van der Waals surface area contributed by atoms with Gasteiger partial charge in [0.2, 0.25) is 0 Å². The number of aromatic amines is 1. The van der Waals surface area contributed by atoms with Crippen molar-refractivity contribution in [2.45, 2.75) is 33.7 Å². The first-order valence-corrected chi connectivity index (χ1v) is 7.94. The highest BCUT2D eigenvalue weighted by molar-refractivity contribution is 5.55. The molecule has 1 aliphatic rings. The monoisotopic (exact) mass is 297 g/mol. The van der Waals surface area contributed by atoms with E-state index in [1.54, 1.807) is 0 Å². The molecule has 1 N–H and O–H groups in total. The molecule has 0 radical (unpaired) electrons. The summed E-state index contributed by atoms with van der Waals surface area (Å²) in [6.07, 6.45) is 0.790. The van der Waals surface area contributed by atoms with Crippen LogP contribution < -0.4 is 5.56 Å². The van der Waals surface area contributed by atoms with Gasteiger partial charge in [0, 0.05) is 30.8 Å². The summed E-state index contributed by atoms with van der Waals surface area (Å²) >= 11 is 0. The summed E-state index contributed by atoms with van der Waals surface area (Å²) in [7, 11) is 0. The zero-order chi connectivity index (χ0) is 15.7. The van der Waals surface area contributed by atoms with Crippen LogP contribution in [-0.2, 0) is 13.0 Å². The van der Waals surface area contributed by atoms with Crippen molar-refractivity contribution in [2.24, 2.45) is 5.92 Å². The number of aromatic nitrogens is 2. The van der Waals surface area contributed by atoms with Crippen molar-refractivity contribution in [3.63, 3.8) is 0 Å². The summed E-state index contributed by atoms with van der Waals surface area (Å²) in [6, 6.07) is 8.10. The van der Waals surface area contributed by atoms with Gasteiger partial charge >= 0.3 is 0 Å². The van der Waals surface area contributed by atoms with Crippen molar-refractivity contribution < 1.29 is 0 Å². The number of H-pyrrole nitrogens is 1. The Hall–Kier alpha value is -1.94. The molecule has 2 heterocycles. The molecule has 2 aromatic rings. The maximum atomic E-state index is 12.3. The van der Waals surface area contributed by atoms with Crippen LogP contribution in [0.1, 0.15) is 30.7 Å². The highest BCUT2D eigenvalue weighted by atomic mass is 16.1. The van der Waals surface area contributed by atoms with Crippen LogP contribution in [0.4, 0.5) is 0 Å². The zero-order valence-electron chi connectivity index (χ0n) is 13.5. The van der Waals surface area contributed by atoms with Crippen LogP contribution in [0, 0.1) is 12.8 Å². The minimum absolute atomic E-state index is 0.0183. The van der Waals surface area contributed by atoms with E-state index in [1.807, 2.05) is 24.3 Å². The van der Waals surface area contributed by atoms with E-state index in [0.717, 1.165) is 42.9 Å². The van der Waals surface area contributed by atoms with Gasteiger partial charge in [-0.3, -0.25) is 9.69 Å². The number of rotatable bonds is 3. The lowest BCUT2D eigenvalue weighted by molar-refractivity contribution is 0.222. The SMILES string of the molecule is Cc1ccc(-c2nc3c(c(=O)[nH]2)CCN(CC(C)C)C3)cc1. The largest absolute Gasteiger partial charge is 0.306 e. The molecule has 3 rings (SSSR count). The molecule has 116 valence electrons. The van der Waals surface area contributed by atoms with E-state index in [1.165, 1.54) is 5.56 Å². The Balaban J connectivity index is 1.94. The molecule has 0 saturated heterocycles. The lowest BCUT2D eigenvalue weighted by Gasteiger charge is -2.29. The van der Waals surface area contributed by atoms with Crippen LogP contribution in [0.25, 0.3) is 11.4 Å². The number of nitrogens with one attached hydrogen (secondary N) is 1. The Labute approximate surface area is 131 Å². The molecule has 0 amide bonds. The van der Waals surface area contributed by atoms with Gasteiger partial charge < -0.3 is 4.98 Å². The molecular weight excluding hydrogens is 274 g/mol. The smallest absolute Gasteiger partial charge is 0.254 e. The van der Waals surface area contributed by atoms with Gasteiger partial charge in [-0.1, -0.05) is 43.7 Å². The number of hydrogen-bond acceptors (Lipinski definition) is 3. The maximum Gasteiger partial charge on any atom is 0.254 e. The van der Waals surface area contributed by atoms with Gasteiger partial charge in [-0.25, -0.2) is 4.98 Å². The second-order valence-electron chi connectivity index (χ2n) is 6.58. The fourth-order valence-electron chi connectivity index (χ4n) is 3.01. The Kier molecular flexibility index (Phi) is 4.12. The van der Waals surface area contributed by atoms with Crippen molar-refractivity contribution in [1.29, 1.82) is 0 Å². The molecule has 1 aromatic carbocycles. The van der Waals surface area contributed by atoms with Crippen LogP contribution in [0.5, 0.6) is 0 Å². The third kappa shape index (κ3) is 3.12. The minimum Gasteiger partial charge on any atom is -0.306 e. The number of benzene rings is 1. The molecule has 1 aliphatic heterocycles. The van der Waals surface area contributed by atoms with E-state index in [2.05, 4.69) is 30.7 Å². The average molecular weight is 297 g/mol. The van der Waals surface area contributed by atoms with E-state index in [0.29, 0.717) is 11.7 Å². The summed E-state index contributed by atoms with van der Waals surface area (Å²) in [5.41, 5.74) is 3.98. The quantitative estimate of drug-likeness (QED) is 0.947. The van der Waals surface area contributed by atoms with Crippen LogP contribution in [0.15, 0.2) is 29.1 Å². The van der Waals surface area contributed by atoms with Crippen LogP contribution in [0.3, 0.4) is 0 Å². The lowest BCUT2D eigenvalue weighted by Crippen LogP contribution is -2.37. The van der Waals surface area contributed by atoms with Gasteiger partial charge in [-0.05, 0) is 19.3 Å². The van der Waals surface area contributed by atoms with E-state index in [-0.39, 0.29) is 5.56 Å². The number of hydrogen-bond donors (Lipinski definition) is 1. The van der Waals surface area contributed by atoms with Crippen molar-refractivity contribution in [2.75, 3.05) is 13.1 Å². The van der Waals surface area contributed by atoms with Crippen molar-refractivity contribution in [3.05, 3.63) is 51.4 Å². The normalized spacial score (nSPS) is 15.1. The molecule has 1 aromatic heterocycles. The van der Waals surface area contributed by atoms with Gasteiger partial charge in [-0.15, -0.1) is 0 Å². The van der Waals surface area contributed by atoms with Gasteiger partial charge in [0.1, 0.15) is 5.82 Å². The van der Waals surface area contributed by atoms with Crippen LogP contribution in [0.2, 0.25) is 0 Å². The summed E-state index contributed by atoms with van der Waals surface area (Å²) in [5, 5.41) is 0. The standard InChI is InChI=1S/C18H23N3O/c1-12(2)10-21-9-8-15-16(11-21)19-17(20-18(15)22)14-6-4-13(3)5-7-14/h4-7,12H,8-11H2,1-3H3,(H,19,20,22). The van der Waals surface area contributed by atoms with Gasteiger partial charge in [0.05, 0.1) is 5.69 Å². The molecule has 4 nitrogen and oxygen atoms in total. The lowest BCUT2D eigenvalue weighted by atomic mass is 10.0. The van der Waals surface area contributed by atoms with Crippen LogP contribution >= 0.6 is 0 Å². The first-order chi connectivity index (χ1) is 10.5. The van der Waals surface area contributed by atoms with Gasteiger partial charge in [0.15, 0.2) is 0 Å². The Morgan fingerprint density at radius 3 is 2.68 bits per heavy atom. The Bertz CT molecular complexity index is 716. The molecule has 0 spiro atoms. The van der Waals surface area contributed by atoms with Crippen molar-refractivity contribution >= 4 is 0 Å². The second kappa shape index (κ2) is 6.05. The zero-order valence-corrected chi connectivity index (χ0v) is 13.5. The summed E-state index contributed by atoms with van der Waals surface area (Å²) < 4.78 is 0. The number of nitrogens with zero attached hydrogens (tertiary/aromatic N) is 2. The van der Waals surface area contributed by atoms with E-state index < -0.39 is 0 Å². The van der Waals surface area contributed by atoms with Crippen molar-refractivity contribution in [3.8, 4) is 11.4 Å². The molecule has 0 atom stereocenters. The third-order valence-electron chi connectivity index (χ3n) is 4.10. The summed E-state index contributed by atoms with van der Waals surface area (Å²) in [4.78, 5) is 22.4. The van der Waals surface area contributed by atoms with E-state index in [9.17, 15) is 4.79 Å². The summed E-state index contributed by atoms with van der Waals surface area (Å²) in [5.74, 6) is 1.30. The number of fused-ring (bicyclic) bond motifs is 1. The average Bonchev–Trinajstić information content (AvgIpc) is 2.47. The molecule has 4 heteroatoms. The second-order valence-corrected chi connectivity index (χ2v) is 6.58. The molecule has 22 heavy (non-hydrogen) atoms. The van der Waals surface area contributed by atoms with E-state index in [4.69, 9.17) is 4.98 Å². The number of aryl methyl sites for hydroxylation is 1. The highest BCUT2D eigenvalue weighted by Gasteiger charge is 2.21. The highest BCUT2D eigenvalue weighted by Crippen LogP contribution is 2.19. The molecule has 0 unspecified atom stereocenters. The summed E-state index contributed by atoms with van der Waals surface area (Å²) in [6.45, 7) is 9.26. The molecule has 0 saturated carbocycles.